The summed E-state index contributed by atoms with van der Waals surface area (Å²) in [4.78, 5) is 0. The van der Waals surface area contributed by atoms with Crippen LogP contribution < -0.4 is 0 Å². The molecule has 1 aromatic carbocycles. The zero-order valence-corrected chi connectivity index (χ0v) is 17.0. The molecule has 1 unspecified atom stereocenters. The number of benzene rings is 1. The lowest BCUT2D eigenvalue weighted by atomic mass is 9.75. The second kappa shape index (κ2) is 8.10. The lowest BCUT2D eigenvalue weighted by Gasteiger charge is -2.21. The van der Waals surface area contributed by atoms with Crippen LogP contribution in [0, 0.1) is 0 Å². The molecule has 1 aliphatic carbocycles. The van der Waals surface area contributed by atoms with Gasteiger partial charge in [-0.25, -0.2) is 0 Å². The van der Waals surface area contributed by atoms with E-state index in [0.29, 0.717) is 5.92 Å². The zero-order valence-electron chi connectivity index (χ0n) is 17.0. The normalized spacial score (nSPS) is 16.8. The standard InChI is InChI=1S/C18H21BO.2C2H6/c1-10-8-14(19)11(2)17-16(10)13-7-6-12(18(3,4)5)9-15(13)20-17;2*1-2/h6-7,9-10H,8H2,1-5H3;2*1-2H3. The Bertz CT molecular complexity index is 713. The third-order valence-electron chi connectivity index (χ3n) is 4.44. The topological polar surface area (TPSA) is 13.1 Å². The minimum Gasteiger partial charge on any atom is -0.456 e. The second-order valence-electron chi connectivity index (χ2n) is 7.06. The summed E-state index contributed by atoms with van der Waals surface area (Å²) in [5, 5.41) is 1.24. The maximum atomic E-state index is 6.14. The van der Waals surface area contributed by atoms with Crippen molar-refractivity contribution in [2.45, 2.75) is 80.1 Å². The Hall–Kier alpha value is -1.44. The van der Waals surface area contributed by atoms with E-state index in [1.807, 2.05) is 27.7 Å². The second-order valence-corrected chi connectivity index (χ2v) is 7.06. The molecule has 0 saturated carbocycles. The van der Waals surface area contributed by atoms with Crippen molar-refractivity contribution < 1.29 is 4.42 Å². The molecule has 0 amide bonds. The number of allylic oxidation sites excluding steroid dienone is 2. The molecule has 2 heteroatoms. The average Bonchev–Trinajstić information content (AvgIpc) is 2.95. The van der Waals surface area contributed by atoms with Crippen LogP contribution in [0.2, 0.25) is 0 Å². The van der Waals surface area contributed by atoms with E-state index < -0.39 is 0 Å². The fourth-order valence-corrected chi connectivity index (χ4v) is 3.08. The summed E-state index contributed by atoms with van der Waals surface area (Å²) < 4.78 is 6.14. The first kappa shape index (κ1) is 20.6. The molecule has 0 N–H and O–H groups in total. The van der Waals surface area contributed by atoms with Crippen LogP contribution in [0.3, 0.4) is 0 Å². The molecular weight excluding hydrogens is 291 g/mol. The van der Waals surface area contributed by atoms with Crippen molar-refractivity contribution >= 4 is 24.4 Å². The van der Waals surface area contributed by atoms with E-state index in [4.69, 9.17) is 12.3 Å². The molecule has 3 rings (SSSR count). The quantitative estimate of drug-likeness (QED) is 0.467. The lowest BCUT2D eigenvalue weighted by molar-refractivity contribution is 0.569. The van der Waals surface area contributed by atoms with E-state index in [-0.39, 0.29) is 5.41 Å². The summed E-state index contributed by atoms with van der Waals surface area (Å²) in [7, 11) is 6.12. The Morgan fingerprint density at radius 1 is 1.08 bits per heavy atom. The monoisotopic (exact) mass is 324 g/mol. The van der Waals surface area contributed by atoms with Crippen molar-refractivity contribution in [3.63, 3.8) is 0 Å². The van der Waals surface area contributed by atoms with Crippen LogP contribution in [0.15, 0.2) is 28.1 Å². The van der Waals surface area contributed by atoms with Gasteiger partial charge in [0.15, 0.2) is 0 Å². The SMILES string of the molecule is CC.CC.[B]C1=C(C)c2oc3cc(C(C)(C)C)ccc3c2C(C)C1. The molecule has 1 nitrogen and oxygen atoms in total. The Morgan fingerprint density at radius 2 is 1.67 bits per heavy atom. The summed E-state index contributed by atoms with van der Waals surface area (Å²) in [5.74, 6) is 1.41. The van der Waals surface area contributed by atoms with Crippen molar-refractivity contribution in [1.82, 2.24) is 0 Å². The molecule has 0 aliphatic heterocycles. The summed E-state index contributed by atoms with van der Waals surface area (Å²) in [6.07, 6.45) is 0.925. The van der Waals surface area contributed by atoms with Gasteiger partial charge >= 0.3 is 0 Å². The van der Waals surface area contributed by atoms with Crippen molar-refractivity contribution in [3.8, 4) is 0 Å². The maximum absolute atomic E-state index is 6.14. The van der Waals surface area contributed by atoms with Crippen LogP contribution in [-0.4, -0.2) is 7.85 Å². The lowest BCUT2D eigenvalue weighted by Crippen LogP contribution is -2.10. The third-order valence-corrected chi connectivity index (χ3v) is 4.44. The highest BCUT2D eigenvalue weighted by Gasteiger charge is 2.26. The summed E-state index contributed by atoms with van der Waals surface area (Å²) in [5.41, 5.74) is 5.82. The molecule has 1 atom stereocenters. The van der Waals surface area contributed by atoms with Gasteiger partial charge in [0.1, 0.15) is 19.2 Å². The van der Waals surface area contributed by atoms with Gasteiger partial charge in [-0.05, 0) is 41.9 Å². The number of hydrogen-bond acceptors (Lipinski definition) is 1. The fourth-order valence-electron chi connectivity index (χ4n) is 3.08. The maximum Gasteiger partial charge on any atom is 0.135 e. The number of rotatable bonds is 0. The molecule has 0 fully saturated rings. The molecule has 0 spiro atoms. The van der Waals surface area contributed by atoms with Gasteiger partial charge in [-0.15, -0.1) is 5.47 Å². The number of furan rings is 1. The molecule has 1 heterocycles. The molecule has 0 bridgehead atoms. The van der Waals surface area contributed by atoms with E-state index in [1.54, 1.807) is 0 Å². The van der Waals surface area contributed by atoms with Crippen molar-refractivity contribution in [2.75, 3.05) is 0 Å². The highest BCUT2D eigenvalue weighted by atomic mass is 16.3. The van der Waals surface area contributed by atoms with Crippen LogP contribution in [0.5, 0.6) is 0 Å². The highest BCUT2D eigenvalue weighted by Crippen LogP contribution is 2.43. The Kier molecular flexibility index (Phi) is 6.95. The van der Waals surface area contributed by atoms with E-state index in [0.717, 1.165) is 28.8 Å². The molecule has 1 aromatic heterocycles. The minimum absolute atomic E-state index is 0.136. The van der Waals surface area contributed by atoms with Crippen LogP contribution >= 0.6 is 0 Å². The van der Waals surface area contributed by atoms with Crippen molar-refractivity contribution in [2.24, 2.45) is 0 Å². The van der Waals surface area contributed by atoms with Gasteiger partial charge in [0.05, 0.1) is 0 Å². The van der Waals surface area contributed by atoms with Gasteiger partial charge < -0.3 is 4.42 Å². The Labute approximate surface area is 149 Å². The molecule has 24 heavy (non-hydrogen) atoms. The van der Waals surface area contributed by atoms with Crippen LogP contribution in [0.4, 0.5) is 0 Å². The largest absolute Gasteiger partial charge is 0.456 e. The van der Waals surface area contributed by atoms with Crippen LogP contribution in [0.25, 0.3) is 16.5 Å². The molecular formula is C22H33BO. The highest BCUT2D eigenvalue weighted by molar-refractivity contribution is 6.25. The van der Waals surface area contributed by atoms with Gasteiger partial charge in [0.25, 0.3) is 0 Å². The van der Waals surface area contributed by atoms with E-state index in [2.05, 4.69) is 52.8 Å². The molecule has 2 radical (unpaired) electrons. The predicted molar refractivity (Wildman–Crippen MR) is 109 cm³/mol. The van der Waals surface area contributed by atoms with Gasteiger partial charge in [-0.3, -0.25) is 0 Å². The summed E-state index contributed by atoms with van der Waals surface area (Å²) in [6, 6.07) is 6.62. The van der Waals surface area contributed by atoms with Crippen molar-refractivity contribution in [1.29, 1.82) is 0 Å². The Balaban J connectivity index is 0.000000671. The molecule has 2 aromatic rings. The minimum atomic E-state index is 0.136. The molecule has 1 aliphatic rings. The molecule has 0 saturated heterocycles. The van der Waals surface area contributed by atoms with Gasteiger partial charge in [-0.1, -0.05) is 67.5 Å². The van der Waals surface area contributed by atoms with E-state index >= 15 is 0 Å². The zero-order chi connectivity index (χ0) is 18.7. The van der Waals surface area contributed by atoms with E-state index in [1.165, 1.54) is 16.5 Å². The van der Waals surface area contributed by atoms with Crippen molar-refractivity contribution in [3.05, 3.63) is 40.6 Å². The molecule has 130 valence electrons. The van der Waals surface area contributed by atoms with Gasteiger partial charge in [0.2, 0.25) is 0 Å². The smallest absolute Gasteiger partial charge is 0.135 e. The predicted octanol–water partition coefficient (Wildman–Crippen LogP) is 7.19. The summed E-state index contributed by atoms with van der Waals surface area (Å²) in [6.45, 7) is 19.0. The number of hydrogen-bond donors (Lipinski definition) is 0. The fraction of sp³-hybridized carbons (Fsp3) is 0.545. The summed E-state index contributed by atoms with van der Waals surface area (Å²) >= 11 is 0. The van der Waals surface area contributed by atoms with E-state index in [9.17, 15) is 0 Å². The van der Waals surface area contributed by atoms with Crippen LogP contribution in [0.1, 0.15) is 91.5 Å². The third kappa shape index (κ3) is 3.79. The Morgan fingerprint density at radius 3 is 2.21 bits per heavy atom. The first-order valence-electron chi connectivity index (χ1n) is 9.31. The average molecular weight is 324 g/mol. The number of fused-ring (bicyclic) bond motifs is 3. The first-order valence-corrected chi connectivity index (χ1v) is 9.31. The van der Waals surface area contributed by atoms with Crippen LogP contribution in [-0.2, 0) is 5.41 Å². The van der Waals surface area contributed by atoms with Gasteiger partial charge in [0, 0.05) is 10.9 Å². The van der Waals surface area contributed by atoms with Gasteiger partial charge in [-0.2, -0.15) is 0 Å². The first-order chi connectivity index (χ1) is 11.3.